The summed E-state index contributed by atoms with van der Waals surface area (Å²) in [5.74, 6) is 0.464. The quantitative estimate of drug-likeness (QED) is 0.275. The van der Waals surface area contributed by atoms with Crippen molar-refractivity contribution in [3.63, 3.8) is 0 Å². The van der Waals surface area contributed by atoms with E-state index in [1.165, 1.54) is 0 Å². The number of urea groups is 1. The molecule has 3 heterocycles. The second-order valence-electron chi connectivity index (χ2n) is 9.04. The third kappa shape index (κ3) is 3.59. The van der Waals surface area contributed by atoms with Crippen LogP contribution < -0.4 is 21.1 Å². The number of anilines is 1. The summed E-state index contributed by atoms with van der Waals surface area (Å²) < 4.78 is 6.82. The molecule has 3 aromatic carbocycles. The van der Waals surface area contributed by atoms with E-state index in [2.05, 4.69) is 15.6 Å². The zero-order chi connectivity index (χ0) is 25.7. The van der Waals surface area contributed by atoms with Crippen molar-refractivity contribution in [3.05, 3.63) is 84.6 Å². The van der Waals surface area contributed by atoms with Gasteiger partial charge in [-0.2, -0.15) is 0 Å². The van der Waals surface area contributed by atoms with Gasteiger partial charge in [-0.15, -0.1) is 0 Å². The fourth-order valence-electron chi connectivity index (χ4n) is 4.98. The number of fused-ring (bicyclic) bond motifs is 2. The Morgan fingerprint density at radius 3 is 2.51 bits per heavy atom. The molecule has 1 aliphatic rings. The molecule has 6 rings (SSSR count). The van der Waals surface area contributed by atoms with Crippen LogP contribution in [0, 0.1) is 0 Å². The molecule has 5 aromatic rings. The first kappa shape index (κ1) is 22.4. The molecule has 1 atom stereocenters. The first-order chi connectivity index (χ1) is 17.9. The Bertz CT molecular complexity index is 1710. The number of benzene rings is 3. The normalized spacial score (nSPS) is 17.2. The van der Waals surface area contributed by atoms with E-state index < -0.39 is 17.5 Å². The van der Waals surface area contributed by atoms with Crippen LogP contribution in [0.3, 0.4) is 0 Å². The van der Waals surface area contributed by atoms with Gasteiger partial charge < -0.3 is 25.5 Å². The molecule has 1 fully saturated rings. The Hall–Kier alpha value is -5.05. The standard InChI is InChI=1S/C28H23N5O4/c1-37-20-11-8-18-14-33(25(34)22(18)13-20)15-28(26(35)31-27(36)32-28)19-9-6-16(7-10-19)24-21-5-3-2-4-17(21)12-23(29)30-24/h2-14,34H,15H2,1H3,(H2,29,30)(H2,31,32,35,36)/t28-/m0/s1. The monoisotopic (exact) mass is 493 g/mol. The van der Waals surface area contributed by atoms with Crippen LogP contribution in [-0.2, 0) is 16.9 Å². The molecule has 0 aliphatic carbocycles. The van der Waals surface area contributed by atoms with E-state index in [-0.39, 0.29) is 12.4 Å². The van der Waals surface area contributed by atoms with Gasteiger partial charge in [-0.25, -0.2) is 9.78 Å². The van der Waals surface area contributed by atoms with Gasteiger partial charge in [0, 0.05) is 27.9 Å². The van der Waals surface area contributed by atoms with Crippen molar-refractivity contribution < 1.29 is 19.4 Å². The first-order valence-electron chi connectivity index (χ1n) is 11.6. The summed E-state index contributed by atoms with van der Waals surface area (Å²) in [6, 6.07) is 21.6. The number of nitrogens with two attached hydrogens (primary N) is 1. The number of nitrogens with one attached hydrogen (secondary N) is 2. The number of carbonyl (C=O) groups is 2. The minimum Gasteiger partial charge on any atom is -0.497 e. The largest absolute Gasteiger partial charge is 0.497 e. The maximum atomic E-state index is 13.2. The summed E-state index contributed by atoms with van der Waals surface area (Å²) in [5.41, 5.74) is 6.71. The number of carbonyl (C=O) groups excluding carboxylic acids is 2. The smallest absolute Gasteiger partial charge is 0.322 e. The lowest BCUT2D eigenvalue weighted by atomic mass is 9.88. The van der Waals surface area contributed by atoms with Crippen LogP contribution in [0.5, 0.6) is 11.6 Å². The topological polar surface area (TPSA) is 131 Å². The number of ether oxygens (including phenoxy) is 1. The van der Waals surface area contributed by atoms with Crippen LogP contribution >= 0.6 is 0 Å². The molecular formula is C28H23N5O4. The molecule has 0 radical (unpaired) electrons. The van der Waals surface area contributed by atoms with Crippen LogP contribution in [0.4, 0.5) is 10.6 Å². The van der Waals surface area contributed by atoms with Gasteiger partial charge in [-0.1, -0.05) is 48.5 Å². The van der Waals surface area contributed by atoms with E-state index in [1.807, 2.05) is 48.5 Å². The predicted molar refractivity (Wildman–Crippen MR) is 140 cm³/mol. The summed E-state index contributed by atoms with van der Waals surface area (Å²) in [4.78, 5) is 30.0. The summed E-state index contributed by atoms with van der Waals surface area (Å²) in [7, 11) is 1.55. The molecule has 9 nitrogen and oxygen atoms in total. The number of methoxy groups -OCH3 is 1. The van der Waals surface area contributed by atoms with Crippen molar-refractivity contribution in [1.82, 2.24) is 20.2 Å². The Morgan fingerprint density at radius 2 is 1.78 bits per heavy atom. The van der Waals surface area contributed by atoms with E-state index >= 15 is 0 Å². The number of aromatic nitrogens is 2. The van der Waals surface area contributed by atoms with Crippen molar-refractivity contribution in [2.45, 2.75) is 12.1 Å². The van der Waals surface area contributed by atoms with Crippen LogP contribution in [0.2, 0.25) is 0 Å². The highest BCUT2D eigenvalue weighted by Gasteiger charge is 2.48. The average Bonchev–Trinajstić information content (AvgIpc) is 3.37. The third-order valence-corrected chi connectivity index (χ3v) is 6.83. The van der Waals surface area contributed by atoms with Gasteiger partial charge in [0.2, 0.25) is 0 Å². The second kappa shape index (κ2) is 8.27. The lowest BCUT2D eigenvalue weighted by Gasteiger charge is -2.27. The Kier molecular flexibility index (Phi) is 5.01. The molecule has 5 N–H and O–H groups in total. The minimum absolute atomic E-state index is 0.0216. The maximum absolute atomic E-state index is 13.2. The molecule has 37 heavy (non-hydrogen) atoms. The van der Waals surface area contributed by atoms with Crippen molar-refractivity contribution in [2.24, 2.45) is 0 Å². The molecule has 9 heteroatoms. The number of hydrogen-bond acceptors (Lipinski definition) is 6. The summed E-state index contributed by atoms with van der Waals surface area (Å²) in [6.07, 6.45) is 1.74. The number of nitrogens with zero attached hydrogens (tertiary/aromatic N) is 2. The lowest BCUT2D eigenvalue weighted by molar-refractivity contribution is -0.124. The molecular weight excluding hydrogens is 470 g/mol. The second-order valence-corrected chi connectivity index (χ2v) is 9.04. The van der Waals surface area contributed by atoms with E-state index in [9.17, 15) is 14.7 Å². The minimum atomic E-state index is -1.43. The van der Waals surface area contributed by atoms with Crippen LogP contribution in [0.1, 0.15) is 5.56 Å². The van der Waals surface area contributed by atoms with Gasteiger partial charge in [0.05, 0.1) is 19.3 Å². The van der Waals surface area contributed by atoms with Crippen molar-refractivity contribution >= 4 is 39.3 Å². The van der Waals surface area contributed by atoms with Gasteiger partial charge in [0.25, 0.3) is 5.91 Å². The third-order valence-electron chi connectivity index (χ3n) is 6.83. The Labute approximate surface area is 211 Å². The zero-order valence-corrected chi connectivity index (χ0v) is 19.9. The van der Waals surface area contributed by atoms with Gasteiger partial charge in [0.15, 0.2) is 11.4 Å². The number of hydrogen-bond donors (Lipinski definition) is 4. The molecule has 2 aromatic heterocycles. The molecule has 0 saturated carbocycles. The molecule has 0 spiro atoms. The number of nitrogen functional groups attached to an aromatic ring is 1. The summed E-state index contributed by atoms with van der Waals surface area (Å²) in [5, 5.41) is 19.3. The number of rotatable bonds is 5. The number of imide groups is 1. The van der Waals surface area contributed by atoms with Crippen LogP contribution in [-0.4, -0.2) is 33.7 Å². The number of pyridine rings is 1. The van der Waals surface area contributed by atoms with E-state index in [1.54, 1.807) is 42.1 Å². The molecule has 184 valence electrons. The first-order valence-corrected chi connectivity index (χ1v) is 11.6. The fourth-order valence-corrected chi connectivity index (χ4v) is 4.98. The molecule has 1 saturated heterocycles. The SMILES string of the molecule is COc1ccc2cn(C[C@@]3(c4ccc(-c5nc(N)cc6ccccc56)cc4)NC(=O)NC3=O)c(O)c2c1. The van der Waals surface area contributed by atoms with E-state index in [0.29, 0.717) is 22.5 Å². The Morgan fingerprint density at radius 1 is 1.00 bits per heavy atom. The summed E-state index contributed by atoms with van der Waals surface area (Å²) in [6.45, 7) is -0.0216. The van der Waals surface area contributed by atoms with Crippen molar-refractivity contribution in [3.8, 4) is 22.9 Å². The highest BCUT2D eigenvalue weighted by Crippen LogP contribution is 2.36. The zero-order valence-electron chi connectivity index (χ0n) is 19.9. The Balaban J connectivity index is 1.43. The number of aromatic hydroxyl groups is 1. The predicted octanol–water partition coefficient (Wildman–Crippen LogP) is 3.89. The van der Waals surface area contributed by atoms with Crippen LogP contribution in [0.25, 0.3) is 32.8 Å². The van der Waals surface area contributed by atoms with E-state index in [0.717, 1.165) is 27.4 Å². The molecule has 3 amide bonds. The van der Waals surface area contributed by atoms with Gasteiger partial charge in [0.1, 0.15) is 11.6 Å². The summed E-state index contributed by atoms with van der Waals surface area (Å²) >= 11 is 0. The lowest BCUT2D eigenvalue weighted by Crippen LogP contribution is -2.47. The highest BCUT2D eigenvalue weighted by atomic mass is 16.5. The average molecular weight is 494 g/mol. The van der Waals surface area contributed by atoms with Gasteiger partial charge in [-0.05, 0) is 35.2 Å². The van der Waals surface area contributed by atoms with Crippen molar-refractivity contribution in [1.29, 1.82) is 0 Å². The van der Waals surface area contributed by atoms with Crippen molar-refractivity contribution in [2.75, 3.05) is 12.8 Å². The van der Waals surface area contributed by atoms with Gasteiger partial charge >= 0.3 is 6.03 Å². The van der Waals surface area contributed by atoms with E-state index in [4.69, 9.17) is 10.5 Å². The molecule has 0 bridgehead atoms. The van der Waals surface area contributed by atoms with Gasteiger partial charge in [-0.3, -0.25) is 10.1 Å². The fraction of sp³-hybridized carbons (Fsp3) is 0.107. The maximum Gasteiger partial charge on any atom is 0.322 e. The van der Waals surface area contributed by atoms with Crippen LogP contribution in [0.15, 0.2) is 79.0 Å². The molecule has 1 aliphatic heterocycles. The molecule has 0 unspecified atom stereocenters. The number of amides is 3. The highest BCUT2D eigenvalue weighted by molar-refractivity contribution is 6.07.